The largest absolute Gasteiger partial charge is 0.466 e. The van der Waals surface area contributed by atoms with Crippen LogP contribution in [0.25, 0.3) is 0 Å². The number of non-ortho nitro benzene ring substituents is 1. The molecule has 0 amide bonds. The summed E-state index contributed by atoms with van der Waals surface area (Å²) in [5.41, 5.74) is -0.264. The molecule has 0 aliphatic carbocycles. The fraction of sp³-hybridized carbons (Fsp3) is 0.154. The van der Waals surface area contributed by atoms with Gasteiger partial charge in [0.15, 0.2) is 0 Å². The van der Waals surface area contributed by atoms with E-state index < -0.39 is 28.6 Å². The smallest absolute Gasteiger partial charge is 0.374 e. The van der Waals surface area contributed by atoms with Gasteiger partial charge < -0.3 is 14.2 Å². The molecule has 0 heterocycles. The summed E-state index contributed by atoms with van der Waals surface area (Å²) in [5.74, 6) is -3.63. The number of carbonyl (C=O) groups excluding carboxylic acids is 3. The Morgan fingerprint density at radius 3 is 2.14 bits per heavy atom. The summed E-state index contributed by atoms with van der Waals surface area (Å²) in [7, 11) is 2.11. The molecule has 0 fully saturated rings. The number of benzene rings is 1. The minimum absolute atomic E-state index is 0.0507. The van der Waals surface area contributed by atoms with Crippen LogP contribution in [0.3, 0.4) is 0 Å². The van der Waals surface area contributed by atoms with Crippen molar-refractivity contribution in [1.82, 2.24) is 0 Å². The van der Waals surface area contributed by atoms with Crippen molar-refractivity contribution in [3.8, 4) is 0 Å². The zero-order valence-corrected chi connectivity index (χ0v) is 11.6. The number of nitro groups is 1. The Kier molecular flexibility index (Phi) is 5.75. The highest BCUT2D eigenvalue weighted by atomic mass is 16.6. The van der Waals surface area contributed by atoms with Crippen LogP contribution in [0.4, 0.5) is 5.69 Å². The number of carbonyl (C=O) groups is 3. The molecule has 0 radical (unpaired) electrons. The number of esters is 3. The maximum absolute atomic E-state index is 11.8. The minimum Gasteiger partial charge on any atom is -0.466 e. The van der Waals surface area contributed by atoms with Crippen molar-refractivity contribution >= 4 is 23.6 Å². The highest BCUT2D eigenvalue weighted by Crippen LogP contribution is 2.14. The van der Waals surface area contributed by atoms with E-state index in [9.17, 15) is 24.5 Å². The van der Waals surface area contributed by atoms with Crippen molar-refractivity contribution in [2.75, 3.05) is 14.2 Å². The molecule has 1 aromatic rings. The SMILES string of the molecule is COC(=O)/C=C(/OC(=O)c1ccc([N+](=O)[O-])cc1)C(=O)OC. The lowest BCUT2D eigenvalue weighted by Gasteiger charge is -2.06. The molecule has 0 N–H and O–H groups in total. The fourth-order valence-electron chi connectivity index (χ4n) is 1.27. The molecule has 116 valence electrons. The fourth-order valence-corrected chi connectivity index (χ4v) is 1.27. The number of nitrogens with zero attached hydrogens (tertiary/aromatic N) is 1. The van der Waals surface area contributed by atoms with Gasteiger partial charge in [0, 0.05) is 12.1 Å². The quantitative estimate of drug-likeness (QED) is 0.197. The summed E-state index contributed by atoms with van der Waals surface area (Å²) >= 11 is 0. The van der Waals surface area contributed by atoms with Gasteiger partial charge in [0.2, 0.25) is 5.76 Å². The summed E-state index contributed by atoms with van der Waals surface area (Å²) in [5, 5.41) is 10.5. The molecule has 0 bridgehead atoms. The number of hydrogen-bond acceptors (Lipinski definition) is 8. The van der Waals surface area contributed by atoms with E-state index in [1.165, 1.54) is 0 Å². The minimum atomic E-state index is -1.05. The Bertz CT molecular complexity index is 632. The molecule has 9 heteroatoms. The number of ether oxygens (including phenoxy) is 3. The van der Waals surface area contributed by atoms with Crippen molar-refractivity contribution in [2.24, 2.45) is 0 Å². The van der Waals surface area contributed by atoms with Gasteiger partial charge in [-0.1, -0.05) is 0 Å². The maximum atomic E-state index is 11.8. The molecule has 0 aliphatic heterocycles. The summed E-state index contributed by atoms with van der Waals surface area (Å²) in [6.07, 6.45) is 0.648. The van der Waals surface area contributed by atoms with E-state index in [0.29, 0.717) is 6.08 Å². The van der Waals surface area contributed by atoms with E-state index in [2.05, 4.69) is 9.47 Å². The Labute approximate surface area is 124 Å². The zero-order chi connectivity index (χ0) is 16.7. The van der Waals surface area contributed by atoms with Gasteiger partial charge >= 0.3 is 17.9 Å². The number of hydrogen-bond donors (Lipinski definition) is 0. The van der Waals surface area contributed by atoms with Crippen LogP contribution in [0.2, 0.25) is 0 Å². The second kappa shape index (κ2) is 7.53. The van der Waals surface area contributed by atoms with Gasteiger partial charge in [-0.2, -0.15) is 0 Å². The van der Waals surface area contributed by atoms with Crippen molar-refractivity contribution in [1.29, 1.82) is 0 Å². The molecule has 0 aliphatic rings. The average Bonchev–Trinajstić information content (AvgIpc) is 2.53. The summed E-state index contributed by atoms with van der Waals surface area (Å²) in [4.78, 5) is 44.2. The van der Waals surface area contributed by atoms with Gasteiger partial charge in [-0.25, -0.2) is 14.4 Å². The number of nitro benzene ring substituents is 1. The standard InChI is InChI=1S/C13H11NO8/c1-20-11(15)7-10(13(17)21-2)22-12(16)8-3-5-9(6-4-8)14(18)19/h3-7H,1-2H3/b10-7+. The third kappa shape index (κ3) is 4.40. The Morgan fingerprint density at radius 1 is 1.09 bits per heavy atom. The average molecular weight is 309 g/mol. The first kappa shape index (κ1) is 16.8. The summed E-state index contributed by atoms with van der Waals surface area (Å²) < 4.78 is 13.4. The normalized spacial score (nSPS) is 10.5. The first-order chi connectivity index (χ1) is 10.4. The van der Waals surface area contributed by atoms with Gasteiger partial charge in [-0.3, -0.25) is 10.1 Å². The van der Waals surface area contributed by atoms with Crippen LogP contribution in [0.5, 0.6) is 0 Å². The third-order valence-corrected chi connectivity index (χ3v) is 2.35. The third-order valence-electron chi connectivity index (χ3n) is 2.35. The predicted octanol–water partition coefficient (Wildman–Crippen LogP) is 0.981. The molecule has 0 aromatic heterocycles. The van der Waals surface area contributed by atoms with Crippen LogP contribution in [0.1, 0.15) is 10.4 Å². The highest BCUT2D eigenvalue weighted by Gasteiger charge is 2.20. The van der Waals surface area contributed by atoms with E-state index >= 15 is 0 Å². The second-order valence-electron chi connectivity index (χ2n) is 3.72. The first-order valence-corrected chi connectivity index (χ1v) is 5.73. The molecular weight excluding hydrogens is 298 g/mol. The molecule has 0 saturated carbocycles. The molecule has 9 nitrogen and oxygen atoms in total. The molecular formula is C13H11NO8. The molecule has 0 saturated heterocycles. The van der Waals surface area contributed by atoms with Gasteiger partial charge in [-0.15, -0.1) is 0 Å². The lowest BCUT2D eigenvalue weighted by Crippen LogP contribution is -2.15. The van der Waals surface area contributed by atoms with Gasteiger partial charge in [0.1, 0.15) is 0 Å². The molecule has 1 aromatic carbocycles. The van der Waals surface area contributed by atoms with E-state index in [1.54, 1.807) is 0 Å². The molecule has 0 atom stereocenters. The van der Waals surface area contributed by atoms with Crippen molar-refractivity contribution in [3.63, 3.8) is 0 Å². The van der Waals surface area contributed by atoms with E-state index in [4.69, 9.17) is 4.74 Å². The first-order valence-electron chi connectivity index (χ1n) is 5.73. The highest BCUT2D eigenvalue weighted by molar-refractivity contribution is 5.99. The van der Waals surface area contributed by atoms with E-state index in [1.807, 2.05) is 0 Å². The molecule has 1 rings (SSSR count). The van der Waals surface area contributed by atoms with E-state index in [0.717, 1.165) is 38.5 Å². The van der Waals surface area contributed by atoms with Crippen molar-refractivity contribution < 1.29 is 33.5 Å². The maximum Gasteiger partial charge on any atom is 0.374 e. The monoisotopic (exact) mass is 309 g/mol. The molecule has 22 heavy (non-hydrogen) atoms. The Morgan fingerprint density at radius 2 is 1.68 bits per heavy atom. The zero-order valence-electron chi connectivity index (χ0n) is 11.6. The number of rotatable bonds is 5. The van der Waals surface area contributed by atoms with Crippen LogP contribution in [0, 0.1) is 10.1 Å². The van der Waals surface area contributed by atoms with Gasteiger partial charge in [-0.05, 0) is 12.1 Å². The van der Waals surface area contributed by atoms with Gasteiger partial charge in [0.05, 0.1) is 30.8 Å². The lowest BCUT2D eigenvalue weighted by molar-refractivity contribution is -0.384. The van der Waals surface area contributed by atoms with Crippen LogP contribution < -0.4 is 0 Å². The Hall–Kier alpha value is -3.23. The van der Waals surface area contributed by atoms with Crippen LogP contribution >= 0.6 is 0 Å². The lowest BCUT2D eigenvalue weighted by atomic mass is 10.2. The van der Waals surface area contributed by atoms with Gasteiger partial charge in [0.25, 0.3) is 5.69 Å². The van der Waals surface area contributed by atoms with E-state index in [-0.39, 0.29) is 11.3 Å². The summed E-state index contributed by atoms with van der Waals surface area (Å²) in [6.45, 7) is 0. The summed E-state index contributed by atoms with van der Waals surface area (Å²) in [6, 6.07) is 4.48. The second-order valence-corrected chi connectivity index (χ2v) is 3.72. The predicted molar refractivity (Wildman–Crippen MR) is 70.6 cm³/mol. The molecule has 0 spiro atoms. The van der Waals surface area contributed by atoms with Crippen LogP contribution in [-0.4, -0.2) is 37.1 Å². The van der Waals surface area contributed by atoms with Crippen molar-refractivity contribution in [2.45, 2.75) is 0 Å². The number of methoxy groups -OCH3 is 2. The van der Waals surface area contributed by atoms with Crippen LogP contribution in [0.15, 0.2) is 36.1 Å². The topological polar surface area (TPSA) is 122 Å². The Balaban J connectivity index is 2.95. The van der Waals surface area contributed by atoms with Crippen LogP contribution in [-0.2, 0) is 23.8 Å². The van der Waals surface area contributed by atoms with Crippen molar-refractivity contribution in [3.05, 3.63) is 51.8 Å². The molecule has 0 unspecified atom stereocenters.